The molecular formula is C27H33N5O3. The lowest BCUT2D eigenvalue weighted by atomic mass is 10.1. The fraction of sp³-hybridized carbons (Fsp3) is 0.407. The smallest absolute Gasteiger partial charge is 0.190 e. The van der Waals surface area contributed by atoms with Gasteiger partial charge in [0.15, 0.2) is 5.43 Å². The van der Waals surface area contributed by atoms with Crippen LogP contribution >= 0.6 is 0 Å². The number of morpholine rings is 1. The summed E-state index contributed by atoms with van der Waals surface area (Å²) in [6.45, 7) is 8.90. The maximum absolute atomic E-state index is 13.1. The van der Waals surface area contributed by atoms with Gasteiger partial charge in [-0.15, -0.1) is 0 Å². The number of hydrogen-bond donors (Lipinski definition) is 1. The van der Waals surface area contributed by atoms with Gasteiger partial charge >= 0.3 is 0 Å². The molecule has 0 bridgehead atoms. The Labute approximate surface area is 205 Å². The molecule has 2 aromatic carbocycles. The standard InChI is InChI=1S/C27H33N5O3/c1-19-4-9-23(31-10-14-32(2,3)15-11-31)26-25(19)24(33)18-22(29-26)27(34)28-20-5-7-21(8-6-20)30-12-16-35-17-13-30/h4-9,18H,10-17H2,1-3H3,(H-,28,29,33,34). The van der Waals surface area contributed by atoms with Crippen molar-refractivity contribution in [2.75, 3.05) is 76.4 Å². The monoisotopic (exact) mass is 475 g/mol. The summed E-state index contributed by atoms with van der Waals surface area (Å²) in [4.78, 5) is 25.2. The Balaban J connectivity index is 1.47. The predicted molar refractivity (Wildman–Crippen MR) is 139 cm³/mol. The summed E-state index contributed by atoms with van der Waals surface area (Å²) in [6, 6.07) is 13.0. The van der Waals surface area contributed by atoms with Gasteiger partial charge in [-0.1, -0.05) is 6.07 Å². The summed E-state index contributed by atoms with van der Waals surface area (Å²) in [5, 5.41) is 13.7. The van der Waals surface area contributed by atoms with Crippen LogP contribution in [0.5, 0.6) is 0 Å². The third-order valence-electron chi connectivity index (χ3n) is 7.15. The van der Waals surface area contributed by atoms with Gasteiger partial charge in [0.25, 0.3) is 0 Å². The van der Waals surface area contributed by atoms with Crippen molar-refractivity contribution in [3.05, 3.63) is 63.9 Å². The topological polar surface area (TPSA) is 84.0 Å². The van der Waals surface area contributed by atoms with E-state index >= 15 is 0 Å². The number of aromatic nitrogens is 1. The number of anilines is 2. The fourth-order valence-corrected chi connectivity index (χ4v) is 4.88. The Morgan fingerprint density at radius 1 is 1.00 bits per heavy atom. The highest BCUT2D eigenvalue weighted by Crippen LogP contribution is 2.28. The zero-order chi connectivity index (χ0) is 24.6. The summed E-state index contributed by atoms with van der Waals surface area (Å²) in [7, 11) is 4.47. The number of piperazine rings is 1. The average molecular weight is 476 g/mol. The molecule has 8 heteroatoms. The first-order chi connectivity index (χ1) is 16.8. The van der Waals surface area contributed by atoms with E-state index in [0.29, 0.717) is 16.6 Å². The van der Waals surface area contributed by atoms with Crippen molar-refractivity contribution < 1.29 is 14.3 Å². The summed E-state index contributed by atoms with van der Waals surface area (Å²) in [5.74, 6) is -0.452. The molecule has 3 aromatic rings. The maximum Gasteiger partial charge on any atom is 0.190 e. The predicted octanol–water partition coefficient (Wildman–Crippen LogP) is 2.01. The minimum Gasteiger partial charge on any atom is -0.857 e. The third kappa shape index (κ3) is 4.90. The molecule has 5 rings (SSSR count). The van der Waals surface area contributed by atoms with Crippen molar-refractivity contribution in [1.29, 1.82) is 0 Å². The quantitative estimate of drug-likeness (QED) is 0.355. The molecule has 0 radical (unpaired) electrons. The van der Waals surface area contributed by atoms with Gasteiger partial charge in [0.2, 0.25) is 0 Å². The van der Waals surface area contributed by atoms with Crippen LogP contribution in [-0.2, 0) is 4.74 Å². The van der Waals surface area contributed by atoms with Crippen molar-refractivity contribution >= 4 is 33.9 Å². The molecule has 0 atom stereocenters. The van der Waals surface area contributed by atoms with E-state index in [2.05, 4.69) is 39.9 Å². The molecule has 2 saturated heterocycles. The molecule has 1 N–H and O–H groups in total. The Hall–Kier alpha value is -3.36. The van der Waals surface area contributed by atoms with Gasteiger partial charge in [-0.3, -0.25) is 9.79 Å². The molecule has 184 valence electrons. The summed E-state index contributed by atoms with van der Waals surface area (Å²) in [5.41, 5.74) is 4.27. The van der Waals surface area contributed by atoms with Crippen LogP contribution in [-0.4, -0.2) is 81.9 Å². The molecule has 0 amide bonds. The van der Waals surface area contributed by atoms with E-state index in [9.17, 15) is 9.90 Å². The van der Waals surface area contributed by atoms with Crippen molar-refractivity contribution in [3.8, 4) is 0 Å². The van der Waals surface area contributed by atoms with Gasteiger partial charge in [0.05, 0.1) is 81.5 Å². The first-order valence-corrected chi connectivity index (χ1v) is 12.2. The van der Waals surface area contributed by atoms with Crippen LogP contribution in [0.1, 0.15) is 11.3 Å². The lowest BCUT2D eigenvalue weighted by Crippen LogP contribution is -2.55. The molecule has 2 aliphatic rings. The molecule has 0 unspecified atom stereocenters. The normalized spacial score (nSPS) is 18.8. The molecule has 2 aliphatic heterocycles. The van der Waals surface area contributed by atoms with Crippen molar-refractivity contribution in [3.63, 3.8) is 0 Å². The molecule has 0 saturated carbocycles. The highest BCUT2D eigenvalue weighted by Gasteiger charge is 2.26. The Kier molecular flexibility index (Phi) is 6.25. The number of pyridine rings is 1. The number of aryl methyl sites for hydroxylation is 1. The number of fused-ring (bicyclic) bond motifs is 1. The first-order valence-electron chi connectivity index (χ1n) is 12.2. The number of nitrogens with one attached hydrogen (secondary N) is 1. The molecule has 8 nitrogen and oxygen atoms in total. The van der Waals surface area contributed by atoms with Crippen LogP contribution in [0.15, 0.2) is 52.3 Å². The van der Waals surface area contributed by atoms with E-state index in [4.69, 9.17) is 4.74 Å². The minimum absolute atomic E-state index is 0.160. The fourth-order valence-electron chi connectivity index (χ4n) is 4.88. The van der Waals surface area contributed by atoms with E-state index in [0.717, 1.165) is 73.9 Å². The molecule has 3 heterocycles. The van der Waals surface area contributed by atoms with Crippen LogP contribution in [0.2, 0.25) is 0 Å². The maximum atomic E-state index is 13.1. The van der Waals surface area contributed by atoms with Crippen molar-refractivity contribution in [2.45, 2.75) is 6.92 Å². The summed E-state index contributed by atoms with van der Waals surface area (Å²) in [6.07, 6.45) is 0. The van der Waals surface area contributed by atoms with Crippen LogP contribution in [0, 0.1) is 6.92 Å². The second-order valence-electron chi connectivity index (χ2n) is 10.1. The van der Waals surface area contributed by atoms with E-state index in [1.165, 1.54) is 6.07 Å². The van der Waals surface area contributed by atoms with Crippen LogP contribution in [0.4, 0.5) is 17.1 Å². The zero-order valence-corrected chi connectivity index (χ0v) is 20.7. The highest BCUT2D eigenvalue weighted by atomic mass is 16.5. The van der Waals surface area contributed by atoms with Crippen LogP contribution in [0.3, 0.4) is 0 Å². The minimum atomic E-state index is -0.452. The van der Waals surface area contributed by atoms with Crippen LogP contribution in [0.25, 0.3) is 10.9 Å². The molecule has 0 aliphatic carbocycles. The van der Waals surface area contributed by atoms with Gasteiger partial charge in [-0.25, -0.2) is 0 Å². The lowest BCUT2D eigenvalue weighted by molar-refractivity contribution is -0.890. The van der Waals surface area contributed by atoms with Gasteiger partial charge < -0.3 is 29.1 Å². The molecule has 35 heavy (non-hydrogen) atoms. The van der Waals surface area contributed by atoms with Gasteiger partial charge in [-0.2, -0.15) is 0 Å². The number of hydrogen-bond acceptors (Lipinski definition) is 6. The van der Waals surface area contributed by atoms with Gasteiger partial charge in [-0.05, 0) is 42.8 Å². The number of rotatable bonds is 4. The Morgan fingerprint density at radius 3 is 2.37 bits per heavy atom. The highest BCUT2D eigenvalue weighted by molar-refractivity contribution is 5.98. The third-order valence-corrected chi connectivity index (χ3v) is 7.15. The molecule has 2 fully saturated rings. The second-order valence-corrected chi connectivity index (χ2v) is 10.1. The van der Waals surface area contributed by atoms with Gasteiger partial charge in [0, 0.05) is 30.7 Å². The summed E-state index contributed by atoms with van der Waals surface area (Å²) >= 11 is 0. The lowest BCUT2D eigenvalue weighted by Gasteiger charge is -2.40. The first kappa shape index (κ1) is 23.4. The number of quaternary nitrogens is 1. The van der Waals surface area contributed by atoms with E-state index in [1.807, 2.05) is 37.3 Å². The molecule has 1 aromatic heterocycles. The van der Waals surface area contributed by atoms with Crippen molar-refractivity contribution in [2.24, 2.45) is 4.99 Å². The van der Waals surface area contributed by atoms with E-state index in [-0.39, 0.29) is 11.1 Å². The Morgan fingerprint density at radius 2 is 1.69 bits per heavy atom. The number of ether oxygens (including phenoxy) is 1. The summed E-state index contributed by atoms with van der Waals surface area (Å²) < 4.78 is 6.39. The number of benzene rings is 2. The molecule has 0 spiro atoms. The number of nitrogens with zero attached hydrogens (tertiary/aromatic N) is 4. The average Bonchev–Trinajstić information content (AvgIpc) is 2.85. The second kappa shape index (κ2) is 9.36. The largest absolute Gasteiger partial charge is 0.857 e. The molecular weight excluding hydrogens is 442 g/mol. The number of likely N-dealkylation sites (N-methyl/N-ethyl adjacent to an activating group) is 1. The van der Waals surface area contributed by atoms with Gasteiger partial charge in [0.1, 0.15) is 0 Å². The Bertz CT molecular complexity index is 1300. The van der Waals surface area contributed by atoms with Crippen molar-refractivity contribution in [1.82, 2.24) is 4.98 Å². The SMILES string of the molecule is Cc1ccc(N2CC[N+](C)(C)CC2)c2[nH]c(C([O-])=Nc3ccc(N4CCOCC4)cc3)cc(=O)c12. The number of H-pyrrole nitrogens is 1. The van der Waals surface area contributed by atoms with E-state index < -0.39 is 5.90 Å². The van der Waals surface area contributed by atoms with E-state index in [1.54, 1.807) is 0 Å². The zero-order valence-electron chi connectivity index (χ0n) is 20.7. The number of aromatic amines is 1. The van der Waals surface area contributed by atoms with Crippen LogP contribution < -0.4 is 20.3 Å². The number of aliphatic imine (C=N–C) groups is 1.